The molecule has 1 aliphatic rings. The summed E-state index contributed by atoms with van der Waals surface area (Å²) in [7, 11) is 3.04. The molecule has 2 aromatic rings. The van der Waals surface area contributed by atoms with Gasteiger partial charge >= 0.3 is 0 Å². The predicted molar refractivity (Wildman–Crippen MR) is 107 cm³/mol. The van der Waals surface area contributed by atoms with Crippen molar-refractivity contribution in [2.45, 2.75) is 6.92 Å². The first-order chi connectivity index (χ1) is 14.0. The van der Waals surface area contributed by atoms with Gasteiger partial charge in [0.2, 0.25) is 5.90 Å². The van der Waals surface area contributed by atoms with Crippen LogP contribution in [0.5, 0.6) is 11.5 Å². The van der Waals surface area contributed by atoms with Crippen LogP contribution in [0.3, 0.4) is 0 Å². The molecule has 0 saturated heterocycles. The molecule has 150 valence electrons. The van der Waals surface area contributed by atoms with Gasteiger partial charge in [-0.3, -0.25) is 14.9 Å². The van der Waals surface area contributed by atoms with Gasteiger partial charge in [0.05, 0.1) is 31.4 Å². The number of hydrogen-bond acceptors (Lipinski definition) is 7. The predicted octanol–water partition coefficient (Wildman–Crippen LogP) is 3.39. The van der Waals surface area contributed by atoms with Crippen LogP contribution in [0.2, 0.25) is 0 Å². The van der Waals surface area contributed by atoms with Crippen molar-refractivity contribution in [1.29, 1.82) is 0 Å². The topological polar surface area (TPSA) is 104 Å². The first kappa shape index (κ1) is 19.9. The number of non-ortho nitro benzene ring substituents is 1. The van der Waals surface area contributed by atoms with E-state index in [1.54, 1.807) is 31.2 Å². The fourth-order valence-electron chi connectivity index (χ4n) is 2.83. The average Bonchev–Trinajstić information content (AvgIpc) is 3.03. The van der Waals surface area contributed by atoms with Crippen LogP contribution in [0.25, 0.3) is 6.08 Å². The smallest absolute Gasteiger partial charge is 0.284 e. The van der Waals surface area contributed by atoms with Crippen LogP contribution >= 0.6 is 0 Å². The van der Waals surface area contributed by atoms with Crippen LogP contribution in [0.1, 0.15) is 12.5 Å². The molecule has 1 amide bonds. The van der Waals surface area contributed by atoms with Crippen LogP contribution in [0, 0.1) is 10.1 Å². The molecule has 0 spiro atoms. The Labute approximate surface area is 166 Å². The largest absolute Gasteiger partial charge is 0.493 e. The summed E-state index contributed by atoms with van der Waals surface area (Å²) in [6.45, 7) is 2.10. The van der Waals surface area contributed by atoms with Crippen LogP contribution in [0.15, 0.2) is 53.1 Å². The molecule has 29 heavy (non-hydrogen) atoms. The highest BCUT2D eigenvalue weighted by atomic mass is 16.6. The third kappa shape index (κ3) is 3.88. The van der Waals surface area contributed by atoms with Crippen molar-refractivity contribution in [3.8, 4) is 11.5 Å². The third-order valence-electron chi connectivity index (χ3n) is 4.16. The SMILES string of the molecule is CCOC1=NN(c2ccc([N+](=O)[O-])cc2)C(=O)C1=Cc1cccc(OC)c1OC. The van der Waals surface area contributed by atoms with E-state index in [-0.39, 0.29) is 17.2 Å². The zero-order chi connectivity index (χ0) is 21.0. The van der Waals surface area contributed by atoms with Gasteiger partial charge in [-0.25, -0.2) is 0 Å². The third-order valence-corrected chi connectivity index (χ3v) is 4.16. The number of benzene rings is 2. The number of para-hydroxylation sites is 1. The molecule has 1 aliphatic heterocycles. The van der Waals surface area contributed by atoms with Crippen molar-refractivity contribution < 1.29 is 23.9 Å². The molecule has 0 aliphatic carbocycles. The number of carbonyl (C=O) groups excluding carboxylic acids is 1. The van der Waals surface area contributed by atoms with Crippen LogP contribution in [-0.4, -0.2) is 37.6 Å². The number of hydrazone groups is 1. The molecule has 0 bridgehead atoms. The van der Waals surface area contributed by atoms with Crippen LogP contribution < -0.4 is 14.5 Å². The Balaban J connectivity index is 2.02. The maximum atomic E-state index is 13.0. The Hall–Kier alpha value is -3.88. The average molecular weight is 397 g/mol. The minimum atomic E-state index is -0.509. The second-order valence-corrected chi connectivity index (χ2v) is 5.87. The van der Waals surface area contributed by atoms with Crippen molar-refractivity contribution in [3.63, 3.8) is 0 Å². The number of rotatable bonds is 6. The fraction of sp³-hybridized carbons (Fsp3) is 0.200. The van der Waals surface area contributed by atoms with E-state index >= 15 is 0 Å². The number of methoxy groups -OCH3 is 2. The van der Waals surface area contributed by atoms with E-state index in [9.17, 15) is 14.9 Å². The van der Waals surface area contributed by atoms with Gasteiger partial charge < -0.3 is 14.2 Å². The second-order valence-electron chi connectivity index (χ2n) is 5.87. The highest BCUT2D eigenvalue weighted by molar-refractivity contribution is 6.30. The molecule has 1 heterocycles. The quantitative estimate of drug-likeness (QED) is 0.420. The summed E-state index contributed by atoms with van der Waals surface area (Å²) in [6, 6.07) is 10.8. The Bertz CT molecular complexity index is 998. The van der Waals surface area contributed by atoms with E-state index in [1.807, 2.05) is 0 Å². The van der Waals surface area contributed by atoms with Crippen molar-refractivity contribution in [1.82, 2.24) is 0 Å². The maximum Gasteiger partial charge on any atom is 0.284 e. The Morgan fingerprint density at radius 2 is 1.86 bits per heavy atom. The summed E-state index contributed by atoms with van der Waals surface area (Å²) in [5, 5.41) is 16.2. The summed E-state index contributed by atoms with van der Waals surface area (Å²) < 4.78 is 16.3. The number of hydrogen-bond donors (Lipinski definition) is 0. The van der Waals surface area contributed by atoms with E-state index < -0.39 is 10.8 Å². The van der Waals surface area contributed by atoms with Crippen molar-refractivity contribution >= 4 is 29.3 Å². The lowest BCUT2D eigenvalue weighted by molar-refractivity contribution is -0.384. The number of anilines is 1. The van der Waals surface area contributed by atoms with Gasteiger partial charge in [-0.1, -0.05) is 12.1 Å². The van der Waals surface area contributed by atoms with E-state index in [1.165, 1.54) is 38.5 Å². The molecule has 0 atom stereocenters. The lowest BCUT2D eigenvalue weighted by atomic mass is 10.1. The van der Waals surface area contributed by atoms with E-state index in [4.69, 9.17) is 14.2 Å². The summed E-state index contributed by atoms with van der Waals surface area (Å²) in [4.78, 5) is 23.4. The molecule has 9 heteroatoms. The highest BCUT2D eigenvalue weighted by Crippen LogP contribution is 2.34. The zero-order valence-electron chi connectivity index (χ0n) is 16.1. The first-order valence-corrected chi connectivity index (χ1v) is 8.73. The normalized spacial score (nSPS) is 14.7. The van der Waals surface area contributed by atoms with Gasteiger partial charge in [0, 0.05) is 17.7 Å². The summed E-state index contributed by atoms with van der Waals surface area (Å²) in [5.74, 6) is 0.724. The van der Waals surface area contributed by atoms with Gasteiger partial charge in [-0.05, 0) is 31.2 Å². The summed E-state index contributed by atoms with van der Waals surface area (Å²) >= 11 is 0. The number of amides is 1. The second kappa shape index (κ2) is 8.42. The lowest BCUT2D eigenvalue weighted by Crippen LogP contribution is -2.21. The van der Waals surface area contributed by atoms with Gasteiger partial charge in [0.1, 0.15) is 5.57 Å². The lowest BCUT2D eigenvalue weighted by Gasteiger charge is -2.12. The van der Waals surface area contributed by atoms with Gasteiger partial charge in [-0.2, -0.15) is 5.01 Å². The molecule has 0 N–H and O–H groups in total. The number of nitro groups is 1. The van der Waals surface area contributed by atoms with Crippen molar-refractivity contribution in [2.24, 2.45) is 5.10 Å². The molecule has 0 saturated carbocycles. The molecule has 9 nitrogen and oxygen atoms in total. The number of ether oxygens (including phenoxy) is 3. The Morgan fingerprint density at radius 3 is 2.45 bits per heavy atom. The molecular formula is C20H19N3O6. The zero-order valence-corrected chi connectivity index (χ0v) is 16.1. The minimum Gasteiger partial charge on any atom is -0.493 e. The Kier molecular flexibility index (Phi) is 5.77. The molecular weight excluding hydrogens is 378 g/mol. The molecule has 0 fully saturated rings. The van der Waals surface area contributed by atoms with Crippen molar-refractivity contribution in [2.75, 3.05) is 25.8 Å². The fourth-order valence-corrected chi connectivity index (χ4v) is 2.83. The minimum absolute atomic E-state index is 0.0775. The molecule has 2 aromatic carbocycles. The number of carbonyl (C=O) groups is 1. The van der Waals surface area contributed by atoms with Gasteiger partial charge in [-0.15, -0.1) is 5.10 Å². The monoisotopic (exact) mass is 397 g/mol. The number of nitrogens with zero attached hydrogens (tertiary/aromatic N) is 3. The highest BCUT2D eigenvalue weighted by Gasteiger charge is 2.33. The summed E-state index contributed by atoms with van der Waals surface area (Å²) in [5.41, 5.74) is 1.16. The maximum absolute atomic E-state index is 13.0. The van der Waals surface area contributed by atoms with Crippen LogP contribution in [-0.2, 0) is 9.53 Å². The van der Waals surface area contributed by atoms with E-state index in [0.29, 0.717) is 29.4 Å². The molecule has 3 rings (SSSR count). The standard InChI is InChI=1S/C20H19N3O6/c1-4-29-19-16(12-13-6-5-7-17(27-2)18(13)28-3)20(24)22(21-19)14-8-10-15(11-9-14)23(25)26/h5-12H,4H2,1-3H3. The van der Waals surface area contributed by atoms with Crippen molar-refractivity contribution in [3.05, 3.63) is 63.7 Å². The number of nitro benzene ring substituents is 1. The summed E-state index contributed by atoms with van der Waals surface area (Å²) in [6.07, 6.45) is 1.61. The van der Waals surface area contributed by atoms with E-state index in [2.05, 4.69) is 5.10 Å². The Morgan fingerprint density at radius 1 is 1.14 bits per heavy atom. The van der Waals surface area contributed by atoms with Gasteiger partial charge in [0.15, 0.2) is 11.5 Å². The van der Waals surface area contributed by atoms with Gasteiger partial charge in [0.25, 0.3) is 11.6 Å². The first-order valence-electron chi connectivity index (χ1n) is 8.73. The van der Waals surface area contributed by atoms with Crippen LogP contribution in [0.4, 0.5) is 11.4 Å². The molecule has 0 unspecified atom stereocenters. The molecule has 0 radical (unpaired) electrons. The molecule has 0 aromatic heterocycles. The van der Waals surface area contributed by atoms with E-state index in [0.717, 1.165) is 5.01 Å².